The Labute approximate surface area is 147 Å². The summed E-state index contributed by atoms with van der Waals surface area (Å²) in [6, 6.07) is 7.90. The Hall–Kier alpha value is -1.86. The van der Waals surface area contributed by atoms with Gasteiger partial charge in [-0.05, 0) is 24.5 Å². The van der Waals surface area contributed by atoms with Crippen LogP contribution in [0.3, 0.4) is 0 Å². The number of carbonyl (C=O) groups excluding carboxylic acids is 1. The summed E-state index contributed by atoms with van der Waals surface area (Å²) in [5.41, 5.74) is 2.00. The minimum atomic E-state index is -0.282. The van der Waals surface area contributed by atoms with Crippen LogP contribution in [0.4, 0.5) is 5.69 Å². The molecule has 0 aliphatic heterocycles. The SMILES string of the molecule is COCCn1cnnc1SC(C)C(=O)Nc1ccccc1C(C)C. The van der Waals surface area contributed by atoms with Crippen molar-refractivity contribution >= 4 is 23.4 Å². The van der Waals surface area contributed by atoms with Gasteiger partial charge in [-0.2, -0.15) is 0 Å². The van der Waals surface area contributed by atoms with E-state index in [4.69, 9.17) is 4.74 Å². The molecule has 0 saturated heterocycles. The highest BCUT2D eigenvalue weighted by atomic mass is 32.2. The van der Waals surface area contributed by atoms with Gasteiger partial charge in [0, 0.05) is 19.3 Å². The predicted octanol–water partition coefficient (Wildman–Crippen LogP) is 3.17. The third-order valence-corrected chi connectivity index (χ3v) is 4.70. The first kappa shape index (κ1) is 18.5. The summed E-state index contributed by atoms with van der Waals surface area (Å²) in [7, 11) is 1.65. The fourth-order valence-electron chi connectivity index (χ4n) is 2.24. The molecule has 2 rings (SSSR count). The van der Waals surface area contributed by atoms with Gasteiger partial charge in [-0.25, -0.2) is 0 Å². The Morgan fingerprint density at radius 2 is 2.08 bits per heavy atom. The van der Waals surface area contributed by atoms with Crippen LogP contribution < -0.4 is 5.32 Å². The van der Waals surface area contributed by atoms with E-state index in [2.05, 4.69) is 29.4 Å². The normalized spacial score (nSPS) is 12.4. The van der Waals surface area contributed by atoms with Crippen molar-refractivity contribution in [2.75, 3.05) is 19.0 Å². The summed E-state index contributed by atoms with van der Waals surface area (Å²) in [4.78, 5) is 12.5. The third-order valence-electron chi connectivity index (χ3n) is 3.61. The van der Waals surface area contributed by atoms with Crippen molar-refractivity contribution in [3.8, 4) is 0 Å². The molecule has 0 aliphatic carbocycles. The van der Waals surface area contributed by atoms with E-state index in [1.165, 1.54) is 11.8 Å². The molecule has 1 amide bonds. The van der Waals surface area contributed by atoms with Gasteiger partial charge in [0.05, 0.1) is 11.9 Å². The number of anilines is 1. The van der Waals surface area contributed by atoms with Crippen LogP contribution in [-0.4, -0.2) is 39.6 Å². The van der Waals surface area contributed by atoms with Gasteiger partial charge in [-0.1, -0.05) is 43.8 Å². The van der Waals surface area contributed by atoms with E-state index < -0.39 is 0 Å². The van der Waals surface area contributed by atoms with Crippen LogP contribution in [-0.2, 0) is 16.1 Å². The number of amides is 1. The Bertz CT molecular complexity index is 672. The van der Waals surface area contributed by atoms with E-state index in [9.17, 15) is 4.79 Å². The lowest BCUT2D eigenvalue weighted by molar-refractivity contribution is -0.115. The van der Waals surface area contributed by atoms with E-state index in [1.807, 2.05) is 35.8 Å². The second-order valence-electron chi connectivity index (χ2n) is 5.79. The van der Waals surface area contributed by atoms with Crippen LogP contribution >= 0.6 is 11.8 Å². The molecule has 2 aromatic rings. The number of para-hydroxylation sites is 1. The summed E-state index contributed by atoms with van der Waals surface area (Å²) < 4.78 is 6.96. The maximum atomic E-state index is 12.5. The molecule has 1 N–H and O–H groups in total. The average molecular weight is 348 g/mol. The minimum Gasteiger partial charge on any atom is -0.383 e. The average Bonchev–Trinajstić information content (AvgIpc) is 3.00. The quantitative estimate of drug-likeness (QED) is 0.742. The van der Waals surface area contributed by atoms with Crippen molar-refractivity contribution in [1.82, 2.24) is 14.8 Å². The predicted molar refractivity (Wildman–Crippen MR) is 96.4 cm³/mol. The first-order valence-corrected chi connectivity index (χ1v) is 8.84. The van der Waals surface area contributed by atoms with Gasteiger partial charge in [0.1, 0.15) is 6.33 Å². The summed E-state index contributed by atoms with van der Waals surface area (Å²) in [5.74, 6) is 0.302. The van der Waals surface area contributed by atoms with Crippen LogP contribution in [0.2, 0.25) is 0 Å². The van der Waals surface area contributed by atoms with Crippen LogP contribution in [0.25, 0.3) is 0 Å². The first-order chi connectivity index (χ1) is 11.5. The van der Waals surface area contributed by atoms with Crippen molar-refractivity contribution in [3.63, 3.8) is 0 Å². The van der Waals surface area contributed by atoms with Crippen molar-refractivity contribution < 1.29 is 9.53 Å². The van der Waals surface area contributed by atoms with Crippen molar-refractivity contribution in [3.05, 3.63) is 36.2 Å². The molecular weight excluding hydrogens is 324 g/mol. The van der Waals surface area contributed by atoms with Crippen LogP contribution in [0.15, 0.2) is 35.7 Å². The fraction of sp³-hybridized carbons (Fsp3) is 0.471. The molecule has 0 aliphatic rings. The lowest BCUT2D eigenvalue weighted by atomic mass is 10.0. The number of carbonyl (C=O) groups is 1. The number of nitrogens with zero attached hydrogens (tertiary/aromatic N) is 3. The third kappa shape index (κ3) is 4.82. The number of hydrogen-bond acceptors (Lipinski definition) is 5. The molecule has 1 atom stereocenters. The monoisotopic (exact) mass is 348 g/mol. The number of rotatable bonds is 8. The zero-order valence-corrected chi connectivity index (χ0v) is 15.3. The number of ether oxygens (including phenoxy) is 1. The molecule has 1 heterocycles. The molecule has 1 aromatic heterocycles. The van der Waals surface area contributed by atoms with Gasteiger partial charge < -0.3 is 14.6 Å². The van der Waals surface area contributed by atoms with E-state index in [0.29, 0.717) is 24.2 Å². The topological polar surface area (TPSA) is 69.0 Å². The highest BCUT2D eigenvalue weighted by Crippen LogP contribution is 2.26. The second kappa shape index (κ2) is 8.84. The smallest absolute Gasteiger partial charge is 0.237 e. The molecule has 1 unspecified atom stereocenters. The molecule has 7 heteroatoms. The molecule has 6 nitrogen and oxygen atoms in total. The Morgan fingerprint density at radius 1 is 1.33 bits per heavy atom. The Balaban J connectivity index is 2.02. The van der Waals surface area contributed by atoms with Crippen LogP contribution in [0, 0.1) is 0 Å². The summed E-state index contributed by atoms with van der Waals surface area (Å²) in [5, 5.41) is 11.5. The lowest BCUT2D eigenvalue weighted by Gasteiger charge is -2.16. The maximum absolute atomic E-state index is 12.5. The number of methoxy groups -OCH3 is 1. The van der Waals surface area contributed by atoms with Gasteiger partial charge in [-0.15, -0.1) is 10.2 Å². The number of aromatic nitrogens is 3. The van der Waals surface area contributed by atoms with Crippen molar-refractivity contribution in [1.29, 1.82) is 0 Å². The fourth-order valence-corrected chi connectivity index (χ4v) is 3.09. The lowest BCUT2D eigenvalue weighted by Crippen LogP contribution is -2.23. The first-order valence-electron chi connectivity index (χ1n) is 7.96. The van der Waals surface area contributed by atoms with Gasteiger partial charge in [-0.3, -0.25) is 4.79 Å². The highest BCUT2D eigenvalue weighted by Gasteiger charge is 2.19. The molecule has 130 valence electrons. The largest absolute Gasteiger partial charge is 0.383 e. The van der Waals surface area contributed by atoms with Gasteiger partial charge in [0.15, 0.2) is 5.16 Å². The molecule has 0 radical (unpaired) electrons. The van der Waals surface area contributed by atoms with Crippen molar-refractivity contribution in [2.24, 2.45) is 0 Å². The molecular formula is C17H24N4O2S. The minimum absolute atomic E-state index is 0.0469. The maximum Gasteiger partial charge on any atom is 0.237 e. The summed E-state index contributed by atoms with van der Waals surface area (Å²) in [6.45, 7) is 7.33. The van der Waals surface area contributed by atoms with E-state index >= 15 is 0 Å². The van der Waals surface area contributed by atoms with E-state index in [0.717, 1.165) is 11.3 Å². The number of nitrogens with one attached hydrogen (secondary N) is 1. The molecule has 0 bridgehead atoms. The second-order valence-corrected chi connectivity index (χ2v) is 7.10. The number of thioether (sulfide) groups is 1. The van der Waals surface area contributed by atoms with Crippen LogP contribution in [0.5, 0.6) is 0 Å². The van der Waals surface area contributed by atoms with Gasteiger partial charge >= 0.3 is 0 Å². The zero-order valence-electron chi connectivity index (χ0n) is 14.5. The molecule has 1 aromatic carbocycles. The summed E-state index contributed by atoms with van der Waals surface area (Å²) >= 11 is 1.39. The number of benzene rings is 1. The molecule has 0 spiro atoms. The van der Waals surface area contributed by atoms with Gasteiger partial charge in [0.25, 0.3) is 0 Å². The standard InChI is InChI=1S/C17H24N4O2S/c1-12(2)14-7-5-6-8-15(14)19-16(22)13(3)24-17-20-18-11-21(17)9-10-23-4/h5-8,11-13H,9-10H2,1-4H3,(H,19,22). The highest BCUT2D eigenvalue weighted by molar-refractivity contribution is 8.00. The molecule has 24 heavy (non-hydrogen) atoms. The zero-order chi connectivity index (χ0) is 17.5. The summed E-state index contributed by atoms with van der Waals surface area (Å²) in [6.07, 6.45) is 1.65. The van der Waals surface area contributed by atoms with E-state index in [1.54, 1.807) is 13.4 Å². The molecule has 0 saturated carbocycles. The number of hydrogen-bond donors (Lipinski definition) is 1. The Morgan fingerprint density at radius 3 is 2.79 bits per heavy atom. The molecule has 0 fully saturated rings. The van der Waals surface area contributed by atoms with Gasteiger partial charge in [0.2, 0.25) is 5.91 Å². The van der Waals surface area contributed by atoms with Crippen molar-refractivity contribution in [2.45, 2.75) is 43.6 Å². The Kier molecular flexibility index (Phi) is 6.81. The van der Waals surface area contributed by atoms with E-state index in [-0.39, 0.29) is 11.2 Å². The van der Waals surface area contributed by atoms with Crippen LogP contribution in [0.1, 0.15) is 32.3 Å².